The number of rotatable bonds is 8. The number of aliphatic carboxylic acids is 1. The van der Waals surface area contributed by atoms with Gasteiger partial charge in [-0.15, -0.1) is 0 Å². The van der Waals surface area contributed by atoms with E-state index in [9.17, 15) is 18.0 Å². The molecule has 0 aliphatic carbocycles. The summed E-state index contributed by atoms with van der Waals surface area (Å²) in [6.45, 7) is 0. The van der Waals surface area contributed by atoms with Crippen LogP contribution in [0.4, 0.5) is 0 Å². The van der Waals surface area contributed by atoms with Crippen molar-refractivity contribution >= 4 is 21.9 Å². The molecule has 0 saturated carbocycles. The van der Waals surface area contributed by atoms with Crippen LogP contribution in [0.1, 0.15) is 12.1 Å². The molecule has 1 unspecified atom stereocenters. The number of aryl methyl sites for hydroxylation is 1. The first-order valence-corrected chi connectivity index (χ1v) is 7.36. The van der Waals surface area contributed by atoms with Crippen LogP contribution in [0.15, 0.2) is 24.4 Å². The minimum atomic E-state index is -3.85. The average Bonchev–Trinajstić information content (AvgIpc) is 2.36. The number of sulfonamides is 1. The quantitative estimate of drug-likeness (QED) is 0.555. The van der Waals surface area contributed by atoms with Crippen molar-refractivity contribution in [3.63, 3.8) is 0 Å². The fourth-order valence-electron chi connectivity index (χ4n) is 1.44. The minimum absolute atomic E-state index is 0.138. The predicted molar refractivity (Wildman–Crippen MR) is 70.1 cm³/mol. The maximum absolute atomic E-state index is 11.7. The van der Waals surface area contributed by atoms with Crippen LogP contribution < -0.4 is 10.5 Å². The lowest BCUT2D eigenvalue weighted by Crippen LogP contribution is -2.44. The highest BCUT2D eigenvalue weighted by atomic mass is 32.2. The van der Waals surface area contributed by atoms with Crippen molar-refractivity contribution in [1.29, 1.82) is 0 Å². The van der Waals surface area contributed by atoms with Gasteiger partial charge >= 0.3 is 5.97 Å². The van der Waals surface area contributed by atoms with Crippen LogP contribution in [0.5, 0.6) is 0 Å². The van der Waals surface area contributed by atoms with Crippen LogP contribution in [-0.4, -0.2) is 42.2 Å². The zero-order valence-electron chi connectivity index (χ0n) is 10.5. The molecule has 0 bridgehead atoms. The first-order valence-electron chi connectivity index (χ1n) is 5.71. The topological polar surface area (TPSA) is 139 Å². The zero-order chi connectivity index (χ0) is 15.2. The van der Waals surface area contributed by atoms with Gasteiger partial charge in [-0.3, -0.25) is 14.6 Å². The van der Waals surface area contributed by atoms with E-state index in [2.05, 4.69) is 4.98 Å². The molecule has 1 amide bonds. The van der Waals surface area contributed by atoms with Crippen molar-refractivity contribution in [2.24, 2.45) is 5.73 Å². The third-order valence-electron chi connectivity index (χ3n) is 2.38. The number of carboxylic acids is 1. The van der Waals surface area contributed by atoms with Gasteiger partial charge in [-0.1, -0.05) is 6.07 Å². The highest BCUT2D eigenvalue weighted by Gasteiger charge is 2.25. The number of hydrogen-bond donors (Lipinski definition) is 3. The Kier molecular flexibility index (Phi) is 5.59. The molecule has 9 heteroatoms. The van der Waals surface area contributed by atoms with Crippen LogP contribution in [0.2, 0.25) is 0 Å². The van der Waals surface area contributed by atoms with Crippen LogP contribution in [0, 0.1) is 0 Å². The summed E-state index contributed by atoms with van der Waals surface area (Å²) in [6, 6.07) is 3.52. The lowest BCUT2D eigenvalue weighted by molar-refractivity contribution is -0.140. The van der Waals surface area contributed by atoms with Gasteiger partial charge < -0.3 is 10.8 Å². The molecular weight excluding hydrogens is 286 g/mol. The molecule has 0 aliphatic rings. The number of hydrogen-bond acceptors (Lipinski definition) is 5. The van der Waals surface area contributed by atoms with Gasteiger partial charge in [0.2, 0.25) is 15.9 Å². The van der Waals surface area contributed by atoms with E-state index in [-0.39, 0.29) is 12.2 Å². The third-order valence-corrected chi connectivity index (χ3v) is 3.76. The maximum atomic E-state index is 11.7. The highest BCUT2D eigenvalue weighted by molar-refractivity contribution is 7.89. The van der Waals surface area contributed by atoms with Crippen molar-refractivity contribution in [2.45, 2.75) is 18.9 Å². The first kappa shape index (κ1) is 16.1. The second-order valence-electron chi connectivity index (χ2n) is 4.07. The summed E-state index contributed by atoms with van der Waals surface area (Å²) < 4.78 is 25.4. The average molecular weight is 301 g/mol. The Balaban J connectivity index is 2.63. The molecule has 1 heterocycles. The number of carbonyl (C=O) groups excluding carboxylic acids is 1. The summed E-state index contributed by atoms with van der Waals surface area (Å²) in [5, 5.41) is 8.82. The molecule has 20 heavy (non-hydrogen) atoms. The molecule has 0 aromatic carbocycles. The fourth-order valence-corrected chi connectivity index (χ4v) is 2.65. The maximum Gasteiger partial charge on any atom is 0.322 e. The van der Waals surface area contributed by atoms with Crippen LogP contribution >= 0.6 is 0 Å². The van der Waals surface area contributed by atoms with E-state index in [1.54, 1.807) is 18.2 Å². The number of nitrogens with one attached hydrogen (secondary N) is 1. The predicted octanol–water partition coefficient (Wildman–Crippen LogP) is -1.13. The van der Waals surface area contributed by atoms with Crippen molar-refractivity contribution in [1.82, 2.24) is 9.71 Å². The van der Waals surface area contributed by atoms with E-state index in [0.717, 1.165) is 0 Å². The van der Waals surface area contributed by atoms with E-state index >= 15 is 0 Å². The molecule has 0 saturated heterocycles. The molecule has 1 atom stereocenters. The Morgan fingerprint density at radius 2 is 2.10 bits per heavy atom. The summed E-state index contributed by atoms with van der Waals surface area (Å²) in [4.78, 5) is 25.5. The van der Waals surface area contributed by atoms with Gasteiger partial charge in [0.25, 0.3) is 0 Å². The first-order chi connectivity index (χ1) is 9.30. The van der Waals surface area contributed by atoms with Gasteiger partial charge in [-0.25, -0.2) is 13.1 Å². The summed E-state index contributed by atoms with van der Waals surface area (Å²) >= 11 is 0. The van der Waals surface area contributed by atoms with E-state index in [4.69, 9.17) is 10.8 Å². The highest BCUT2D eigenvalue weighted by Crippen LogP contribution is 2.00. The van der Waals surface area contributed by atoms with Gasteiger partial charge in [0.05, 0.1) is 12.2 Å². The van der Waals surface area contributed by atoms with Gasteiger partial charge in [0, 0.05) is 18.3 Å². The Bertz CT molecular complexity index is 573. The minimum Gasteiger partial charge on any atom is -0.480 e. The molecule has 1 aromatic heterocycles. The van der Waals surface area contributed by atoms with Crippen molar-refractivity contribution in [2.75, 3.05) is 5.75 Å². The Morgan fingerprint density at radius 1 is 1.40 bits per heavy atom. The van der Waals surface area contributed by atoms with Crippen LogP contribution in [0.25, 0.3) is 0 Å². The van der Waals surface area contributed by atoms with Crippen LogP contribution in [-0.2, 0) is 26.0 Å². The molecular formula is C11H15N3O5S. The monoisotopic (exact) mass is 301 g/mol. The number of primary amides is 1. The fraction of sp³-hybridized carbons (Fsp3) is 0.364. The Hall–Kier alpha value is -2.00. The van der Waals surface area contributed by atoms with Gasteiger partial charge in [-0.05, 0) is 12.1 Å². The lowest BCUT2D eigenvalue weighted by atomic mass is 10.2. The van der Waals surface area contributed by atoms with Crippen LogP contribution in [0.3, 0.4) is 0 Å². The van der Waals surface area contributed by atoms with Gasteiger partial charge in [-0.2, -0.15) is 0 Å². The molecule has 8 nitrogen and oxygen atoms in total. The molecule has 1 aromatic rings. The number of aromatic nitrogens is 1. The third kappa shape index (κ3) is 5.76. The molecule has 1 rings (SSSR count). The molecule has 0 spiro atoms. The lowest BCUT2D eigenvalue weighted by Gasteiger charge is -2.13. The van der Waals surface area contributed by atoms with Crippen molar-refractivity contribution in [3.05, 3.63) is 30.1 Å². The number of nitrogens with two attached hydrogens (primary N) is 1. The van der Waals surface area contributed by atoms with E-state index in [0.29, 0.717) is 5.69 Å². The molecule has 0 fully saturated rings. The Morgan fingerprint density at radius 3 is 2.60 bits per heavy atom. The van der Waals surface area contributed by atoms with E-state index in [1.165, 1.54) is 6.20 Å². The number of carbonyl (C=O) groups is 2. The summed E-state index contributed by atoms with van der Waals surface area (Å²) in [6.07, 6.45) is 1.07. The summed E-state index contributed by atoms with van der Waals surface area (Å²) in [5.74, 6) is -2.68. The molecule has 4 N–H and O–H groups in total. The number of nitrogens with zero attached hydrogens (tertiary/aromatic N) is 1. The largest absolute Gasteiger partial charge is 0.480 e. The summed E-state index contributed by atoms with van der Waals surface area (Å²) in [7, 11) is -3.85. The van der Waals surface area contributed by atoms with Gasteiger partial charge in [0.1, 0.15) is 6.04 Å². The molecule has 110 valence electrons. The Labute approximate surface area is 116 Å². The molecule has 0 radical (unpaired) electrons. The zero-order valence-corrected chi connectivity index (χ0v) is 11.3. The van der Waals surface area contributed by atoms with Gasteiger partial charge in [0.15, 0.2) is 0 Å². The second-order valence-corrected chi connectivity index (χ2v) is 5.94. The van der Waals surface area contributed by atoms with E-state index < -0.39 is 34.4 Å². The number of amides is 1. The smallest absolute Gasteiger partial charge is 0.322 e. The number of pyridine rings is 1. The van der Waals surface area contributed by atoms with Crippen molar-refractivity contribution < 1.29 is 23.1 Å². The SMILES string of the molecule is NC(=O)CC(NS(=O)(=O)CCc1ccccn1)C(=O)O. The second kappa shape index (κ2) is 6.96. The molecule has 0 aliphatic heterocycles. The summed E-state index contributed by atoms with van der Waals surface area (Å²) in [5.41, 5.74) is 5.44. The standard InChI is InChI=1S/C11H15N3O5S/c12-10(15)7-9(11(16)17)14-20(18,19)6-4-8-3-1-2-5-13-8/h1-3,5,9,14H,4,6-7H2,(H2,12,15)(H,16,17). The number of carboxylic acid groups (broad SMARTS) is 1. The normalized spacial score (nSPS) is 12.8. The van der Waals surface area contributed by atoms with Crippen molar-refractivity contribution in [3.8, 4) is 0 Å². The van der Waals surface area contributed by atoms with E-state index in [1.807, 2.05) is 4.72 Å².